The lowest BCUT2D eigenvalue weighted by atomic mass is 10.1. The third-order valence-electron chi connectivity index (χ3n) is 4.26. The number of amides is 1. The molecule has 2 aromatic rings. The number of aryl methyl sites for hydroxylation is 1. The zero-order valence-electron chi connectivity index (χ0n) is 13.7. The number of halogens is 3. The summed E-state index contributed by atoms with van der Waals surface area (Å²) in [6, 6.07) is 12.6. The van der Waals surface area contributed by atoms with Crippen LogP contribution in [0.2, 0.25) is 0 Å². The summed E-state index contributed by atoms with van der Waals surface area (Å²) in [7, 11) is 0. The fourth-order valence-corrected chi connectivity index (χ4v) is 4.12. The molecule has 1 saturated heterocycles. The number of benzene rings is 2. The van der Waals surface area contributed by atoms with Crippen molar-refractivity contribution >= 4 is 17.7 Å². The van der Waals surface area contributed by atoms with Crippen LogP contribution in [0.25, 0.3) is 0 Å². The van der Waals surface area contributed by atoms with Crippen molar-refractivity contribution in [3.63, 3.8) is 0 Å². The molecule has 0 unspecified atom stereocenters. The molecule has 2 nitrogen and oxygen atoms in total. The van der Waals surface area contributed by atoms with Gasteiger partial charge < -0.3 is 4.90 Å². The van der Waals surface area contributed by atoms with Crippen LogP contribution in [0.5, 0.6) is 0 Å². The molecule has 6 heteroatoms. The van der Waals surface area contributed by atoms with E-state index >= 15 is 0 Å². The molecule has 1 aliphatic rings. The summed E-state index contributed by atoms with van der Waals surface area (Å²) >= 11 is 1.49. The molecule has 2 aromatic carbocycles. The van der Waals surface area contributed by atoms with Crippen LogP contribution in [-0.2, 0) is 12.6 Å². The molecule has 0 bridgehead atoms. The van der Waals surface area contributed by atoms with Gasteiger partial charge in [-0.15, -0.1) is 11.8 Å². The molecular formula is C19H18F3NOS. The Hall–Kier alpha value is -1.95. The molecule has 3 rings (SSSR count). The Morgan fingerprint density at radius 3 is 2.56 bits per heavy atom. The monoisotopic (exact) mass is 365 g/mol. The standard InChI is InChI=1S/C19H18F3NOS/c1-2-13-6-8-14(9-7-13)17(24)23-10-11-25-18(23)15-4-3-5-16(12-15)19(20,21)22/h3-9,12,18H,2,10-11H2,1H3/t18-/m1/s1. The van der Waals surface area contributed by atoms with Crippen molar-refractivity contribution in [3.8, 4) is 0 Å². The molecule has 0 spiro atoms. The summed E-state index contributed by atoms with van der Waals surface area (Å²) < 4.78 is 38.9. The van der Waals surface area contributed by atoms with Gasteiger partial charge in [-0.05, 0) is 41.8 Å². The molecule has 25 heavy (non-hydrogen) atoms. The predicted octanol–water partition coefficient (Wildman–Crippen LogP) is 5.16. The van der Waals surface area contributed by atoms with Gasteiger partial charge in [0.05, 0.1) is 5.56 Å². The maximum Gasteiger partial charge on any atom is 0.416 e. The van der Waals surface area contributed by atoms with E-state index in [0.29, 0.717) is 23.4 Å². The molecule has 1 heterocycles. The minimum Gasteiger partial charge on any atom is -0.322 e. The second-order valence-corrected chi connectivity index (χ2v) is 7.08. The van der Waals surface area contributed by atoms with E-state index in [4.69, 9.17) is 0 Å². The average molecular weight is 365 g/mol. The van der Waals surface area contributed by atoms with E-state index in [2.05, 4.69) is 0 Å². The first-order valence-electron chi connectivity index (χ1n) is 8.09. The number of carbonyl (C=O) groups is 1. The summed E-state index contributed by atoms with van der Waals surface area (Å²) in [6.07, 6.45) is -3.50. The first kappa shape index (κ1) is 17.9. The van der Waals surface area contributed by atoms with Crippen LogP contribution in [0.4, 0.5) is 13.2 Å². The number of hydrogen-bond donors (Lipinski definition) is 0. The Morgan fingerprint density at radius 2 is 1.92 bits per heavy atom. The lowest BCUT2D eigenvalue weighted by molar-refractivity contribution is -0.137. The maximum atomic E-state index is 13.0. The van der Waals surface area contributed by atoms with Gasteiger partial charge in [0.1, 0.15) is 5.37 Å². The van der Waals surface area contributed by atoms with Gasteiger partial charge in [0.2, 0.25) is 0 Å². The summed E-state index contributed by atoms with van der Waals surface area (Å²) in [6.45, 7) is 2.57. The molecule has 0 aliphatic carbocycles. The van der Waals surface area contributed by atoms with Gasteiger partial charge in [-0.2, -0.15) is 13.2 Å². The lowest BCUT2D eigenvalue weighted by Crippen LogP contribution is -2.30. The van der Waals surface area contributed by atoms with Crippen molar-refractivity contribution in [2.24, 2.45) is 0 Å². The normalized spacial score (nSPS) is 17.8. The first-order valence-corrected chi connectivity index (χ1v) is 9.13. The van der Waals surface area contributed by atoms with Crippen LogP contribution in [0.3, 0.4) is 0 Å². The Kier molecular flexibility index (Phi) is 5.08. The van der Waals surface area contributed by atoms with Gasteiger partial charge in [-0.1, -0.05) is 31.2 Å². The van der Waals surface area contributed by atoms with E-state index in [0.717, 1.165) is 24.1 Å². The Bertz CT molecular complexity index is 758. The molecule has 0 saturated carbocycles. The van der Waals surface area contributed by atoms with Crippen molar-refractivity contribution in [3.05, 3.63) is 70.8 Å². The van der Waals surface area contributed by atoms with Crippen LogP contribution >= 0.6 is 11.8 Å². The molecule has 1 atom stereocenters. The fourth-order valence-electron chi connectivity index (χ4n) is 2.87. The van der Waals surface area contributed by atoms with Crippen LogP contribution in [-0.4, -0.2) is 23.1 Å². The van der Waals surface area contributed by atoms with E-state index < -0.39 is 11.7 Å². The van der Waals surface area contributed by atoms with E-state index in [-0.39, 0.29) is 11.3 Å². The smallest absolute Gasteiger partial charge is 0.322 e. The van der Waals surface area contributed by atoms with E-state index in [1.807, 2.05) is 19.1 Å². The van der Waals surface area contributed by atoms with Crippen molar-refractivity contribution in [2.75, 3.05) is 12.3 Å². The van der Waals surface area contributed by atoms with Gasteiger partial charge in [-0.3, -0.25) is 4.79 Å². The Labute approximate surface area is 149 Å². The summed E-state index contributed by atoms with van der Waals surface area (Å²) in [4.78, 5) is 14.5. The second kappa shape index (κ2) is 7.12. The van der Waals surface area contributed by atoms with E-state index in [9.17, 15) is 18.0 Å². The van der Waals surface area contributed by atoms with Gasteiger partial charge in [0.25, 0.3) is 5.91 Å². The largest absolute Gasteiger partial charge is 0.416 e. The van der Waals surface area contributed by atoms with Crippen LogP contribution in [0.15, 0.2) is 48.5 Å². The topological polar surface area (TPSA) is 20.3 Å². The number of alkyl halides is 3. The third-order valence-corrected chi connectivity index (χ3v) is 5.52. The molecular weight excluding hydrogens is 347 g/mol. The second-order valence-electron chi connectivity index (χ2n) is 5.90. The number of carbonyl (C=O) groups excluding carboxylic acids is 1. The highest BCUT2D eigenvalue weighted by atomic mass is 32.2. The van der Waals surface area contributed by atoms with Gasteiger partial charge in [0, 0.05) is 17.9 Å². The summed E-state index contributed by atoms with van der Waals surface area (Å²) in [5.41, 5.74) is 1.53. The zero-order chi connectivity index (χ0) is 18.0. The van der Waals surface area contributed by atoms with Gasteiger partial charge >= 0.3 is 6.18 Å². The first-order chi connectivity index (χ1) is 11.9. The summed E-state index contributed by atoms with van der Waals surface area (Å²) in [5.74, 6) is 0.565. The highest BCUT2D eigenvalue weighted by molar-refractivity contribution is 7.99. The fraction of sp³-hybridized carbons (Fsp3) is 0.316. The number of thioether (sulfide) groups is 1. The minimum atomic E-state index is -4.38. The zero-order valence-corrected chi connectivity index (χ0v) is 14.5. The van der Waals surface area contributed by atoms with E-state index in [1.165, 1.54) is 17.8 Å². The molecule has 132 valence electrons. The predicted molar refractivity (Wildman–Crippen MR) is 93.5 cm³/mol. The Balaban J connectivity index is 1.86. The molecule has 0 aromatic heterocycles. The SMILES string of the molecule is CCc1ccc(C(=O)N2CCS[C@@H]2c2cccc(C(F)(F)F)c2)cc1. The lowest BCUT2D eigenvalue weighted by Gasteiger charge is -2.25. The van der Waals surface area contributed by atoms with Crippen LogP contribution in [0, 0.1) is 0 Å². The van der Waals surface area contributed by atoms with Crippen LogP contribution < -0.4 is 0 Å². The molecule has 1 fully saturated rings. The molecule has 0 N–H and O–H groups in total. The van der Waals surface area contributed by atoms with Gasteiger partial charge in [0.15, 0.2) is 0 Å². The van der Waals surface area contributed by atoms with Gasteiger partial charge in [-0.25, -0.2) is 0 Å². The average Bonchev–Trinajstić information content (AvgIpc) is 3.10. The number of hydrogen-bond acceptors (Lipinski definition) is 2. The number of rotatable bonds is 3. The maximum absolute atomic E-state index is 13.0. The summed E-state index contributed by atoms with van der Waals surface area (Å²) in [5, 5.41) is -0.388. The van der Waals surface area contributed by atoms with Crippen molar-refractivity contribution in [2.45, 2.75) is 24.9 Å². The molecule has 1 amide bonds. The molecule has 0 radical (unpaired) electrons. The highest BCUT2D eigenvalue weighted by Crippen LogP contribution is 2.40. The highest BCUT2D eigenvalue weighted by Gasteiger charge is 2.34. The van der Waals surface area contributed by atoms with Crippen molar-refractivity contribution in [1.82, 2.24) is 4.90 Å². The third kappa shape index (κ3) is 3.84. The minimum absolute atomic E-state index is 0.143. The van der Waals surface area contributed by atoms with Crippen LogP contribution in [0.1, 0.15) is 39.3 Å². The Morgan fingerprint density at radius 1 is 1.20 bits per heavy atom. The van der Waals surface area contributed by atoms with Crippen molar-refractivity contribution < 1.29 is 18.0 Å². The molecule has 1 aliphatic heterocycles. The van der Waals surface area contributed by atoms with E-state index in [1.54, 1.807) is 23.1 Å². The van der Waals surface area contributed by atoms with Crippen molar-refractivity contribution in [1.29, 1.82) is 0 Å². The quantitative estimate of drug-likeness (QED) is 0.749. The number of nitrogens with zero attached hydrogens (tertiary/aromatic N) is 1.